The van der Waals surface area contributed by atoms with Crippen molar-refractivity contribution in [3.63, 3.8) is 0 Å². The van der Waals surface area contributed by atoms with E-state index in [0.717, 1.165) is 33.6 Å². The number of nitrogens with one attached hydrogen (secondary N) is 2. The van der Waals surface area contributed by atoms with E-state index in [1.807, 2.05) is 62.4 Å². The Morgan fingerprint density at radius 1 is 1.03 bits per heavy atom. The second-order valence-electron chi connectivity index (χ2n) is 7.89. The van der Waals surface area contributed by atoms with Gasteiger partial charge in [0.15, 0.2) is 0 Å². The average molecular weight is 474 g/mol. The third kappa shape index (κ3) is 6.21. The van der Waals surface area contributed by atoms with Crippen LogP contribution in [0.1, 0.15) is 17.7 Å². The number of aliphatic hydroxyl groups excluding tert-OH is 1. The Balaban J connectivity index is 1.50. The summed E-state index contributed by atoms with van der Waals surface area (Å²) >= 11 is 0. The van der Waals surface area contributed by atoms with Crippen LogP contribution in [0, 0.1) is 13.8 Å². The molecule has 0 saturated heterocycles. The minimum Gasteiger partial charge on any atom is -0.491 e. The number of hydrogen-bond donors (Lipinski definition) is 3. The fourth-order valence-corrected chi connectivity index (χ4v) is 3.45. The molecule has 0 aliphatic carbocycles. The number of aliphatic hydroxyl groups is 1. The van der Waals surface area contributed by atoms with Crippen molar-refractivity contribution >= 4 is 28.3 Å². The van der Waals surface area contributed by atoms with E-state index >= 15 is 0 Å². The number of aromatic nitrogens is 3. The Hall–Kier alpha value is -4.24. The molecular formula is C26H27N5O4. The van der Waals surface area contributed by atoms with Gasteiger partial charge in [-0.3, -0.25) is 9.78 Å². The Kier molecular flexibility index (Phi) is 7.69. The first-order valence-corrected chi connectivity index (χ1v) is 11.3. The molecule has 2 aromatic heterocycles. The van der Waals surface area contributed by atoms with Gasteiger partial charge < -0.3 is 25.2 Å². The van der Waals surface area contributed by atoms with Crippen molar-refractivity contribution in [2.45, 2.75) is 20.3 Å². The van der Waals surface area contributed by atoms with Gasteiger partial charge in [-0.2, -0.15) is 0 Å². The second-order valence-corrected chi connectivity index (χ2v) is 7.89. The molecule has 4 aromatic rings. The van der Waals surface area contributed by atoms with Gasteiger partial charge >= 0.3 is 0 Å². The van der Waals surface area contributed by atoms with Crippen LogP contribution < -0.4 is 20.1 Å². The minimum atomic E-state index is -0.221. The average Bonchev–Trinajstić information content (AvgIpc) is 2.85. The molecule has 1 amide bonds. The molecule has 0 fully saturated rings. The molecule has 0 spiro atoms. The molecule has 0 radical (unpaired) electrons. The van der Waals surface area contributed by atoms with Gasteiger partial charge in [0, 0.05) is 17.8 Å². The van der Waals surface area contributed by atoms with Gasteiger partial charge in [0.05, 0.1) is 30.3 Å². The van der Waals surface area contributed by atoms with E-state index in [1.165, 1.54) is 6.33 Å². The molecule has 9 nitrogen and oxygen atoms in total. The van der Waals surface area contributed by atoms with Gasteiger partial charge in [-0.25, -0.2) is 9.97 Å². The number of carbonyl (C=O) groups is 1. The summed E-state index contributed by atoms with van der Waals surface area (Å²) in [6, 6.07) is 15.2. The van der Waals surface area contributed by atoms with Gasteiger partial charge in [0.1, 0.15) is 36.0 Å². The first kappa shape index (κ1) is 23.9. The van der Waals surface area contributed by atoms with E-state index in [9.17, 15) is 4.79 Å². The van der Waals surface area contributed by atoms with Crippen molar-refractivity contribution in [2.24, 2.45) is 0 Å². The lowest BCUT2D eigenvalue weighted by atomic mass is 10.1. The number of amides is 1. The van der Waals surface area contributed by atoms with Crippen molar-refractivity contribution in [3.8, 4) is 17.2 Å². The number of anilines is 2. The van der Waals surface area contributed by atoms with Crippen molar-refractivity contribution < 1.29 is 19.4 Å². The van der Waals surface area contributed by atoms with Gasteiger partial charge in [-0.1, -0.05) is 6.07 Å². The van der Waals surface area contributed by atoms with Crippen LogP contribution in [0.4, 0.5) is 11.5 Å². The largest absolute Gasteiger partial charge is 0.491 e. The SMILES string of the molecule is Cc1ccc(Oc2ccc(Nc3ncnc4cccc(OCCNC(=O)CCO)c34)cc2C)cn1. The van der Waals surface area contributed by atoms with Gasteiger partial charge in [-0.15, -0.1) is 0 Å². The highest BCUT2D eigenvalue weighted by Crippen LogP contribution is 2.33. The normalized spacial score (nSPS) is 10.7. The first-order valence-electron chi connectivity index (χ1n) is 11.3. The molecule has 0 aliphatic rings. The summed E-state index contributed by atoms with van der Waals surface area (Å²) in [5.41, 5.74) is 3.44. The number of aryl methyl sites for hydroxylation is 2. The molecule has 0 aliphatic heterocycles. The lowest BCUT2D eigenvalue weighted by Gasteiger charge is -2.14. The molecule has 3 N–H and O–H groups in total. The van der Waals surface area contributed by atoms with Gasteiger partial charge in [0.25, 0.3) is 0 Å². The van der Waals surface area contributed by atoms with Crippen LogP contribution in [0.2, 0.25) is 0 Å². The standard InChI is InChI=1S/C26H27N5O4/c1-17-14-19(7-9-22(17)35-20-8-6-18(2)28-15-20)31-26-25-21(29-16-30-26)4-3-5-23(25)34-13-11-27-24(33)10-12-32/h3-9,14-16,32H,10-13H2,1-2H3,(H,27,33)(H,29,30,31). The van der Waals surface area contributed by atoms with Gasteiger partial charge in [-0.05, 0) is 61.9 Å². The summed E-state index contributed by atoms with van der Waals surface area (Å²) in [6.07, 6.45) is 3.27. The Morgan fingerprint density at radius 3 is 2.69 bits per heavy atom. The van der Waals surface area contributed by atoms with E-state index < -0.39 is 0 Å². The smallest absolute Gasteiger partial charge is 0.222 e. The predicted octanol–water partition coefficient (Wildman–Crippen LogP) is 4.05. The molecular weight excluding hydrogens is 446 g/mol. The van der Waals surface area contributed by atoms with Crippen LogP contribution in [0.15, 0.2) is 61.1 Å². The lowest BCUT2D eigenvalue weighted by Crippen LogP contribution is -2.28. The van der Waals surface area contributed by atoms with E-state index in [1.54, 1.807) is 6.20 Å². The van der Waals surface area contributed by atoms with E-state index in [0.29, 0.717) is 23.9 Å². The fourth-order valence-electron chi connectivity index (χ4n) is 3.45. The highest BCUT2D eigenvalue weighted by Gasteiger charge is 2.12. The zero-order valence-electron chi connectivity index (χ0n) is 19.6. The highest BCUT2D eigenvalue weighted by atomic mass is 16.5. The van der Waals surface area contributed by atoms with Crippen molar-refractivity contribution in [1.29, 1.82) is 0 Å². The molecule has 0 atom stereocenters. The minimum absolute atomic E-state index is 0.0708. The summed E-state index contributed by atoms with van der Waals surface area (Å²) < 4.78 is 11.9. The topological polar surface area (TPSA) is 118 Å². The summed E-state index contributed by atoms with van der Waals surface area (Å²) in [7, 11) is 0. The van der Waals surface area contributed by atoms with Crippen LogP contribution in [0.25, 0.3) is 10.9 Å². The number of pyridine rings is 1. The zero-order valence-corrected chi connectivity index (χ0v) is 19.6. The highest BCUT2D eigenvalue weighted by molar-refractivity contribution is 5.95. The number of benzene rings is 2. The van der Waals surface area contributed by atoms with Crippen molar-refractivity contribution in [1.82, 2.24) is 20.3 Å². The third-order valence-corrected chi connectivity index (χ3v) is 5.20. The van der Waals surface area contributed by atoms with Gasteiger partial charge in [0.2, 0.25) is 5.91 Å². The summed E-state index contributed by atoms with van der Waals surface area (Å²) in [6.45, 7) is 4.31. The quantitative estimate of drug-likeness (QED) is 0.295. The summed E-state index contributed by atoms with van der Waals surface area (Å²) in [5.74, 6) is 2.40. The number of fused-ring (bicyclic) bond motifs is 1. The number of carbonyl (C=O) groups excluding carboxylic acids is 1. The van der Waals surface area contributed by atoms with E-state index in [4.69, 9.17) is 14.6 Å². The van der Waals surface area contributed by atoms with Crippen molar-refractivity contribution in [2.75, 3.05) is 25.1 Å². The number of rotatable bonds is 10. The maximum atomic E-state index is 11.5. The maximum absolute atomic E-state index is 11.5. The zero-order chi connectivity index (χ0) is 24.6. The molecule has 0 bridgehead atoms. The molecule has 2 aromatic carbocycles. The number of hydrogen-bond acceptors (Lipinski definition) is 8. The van der Waals surface area contributed by atoms with Crippen LogP contribution in [-0.2, 0) is 4.79 Å². The number of nitrogens with zero attached hydrogens (tertiary/aromatic N) is 3. The molecule has 180 valence electrons. The summed E-state index contributed by atoms with van der Waals surface area (Å²) in [4.78, 5) is 24.6. The number of ether oxygens (including phenoxy) is 2. The van der Waals surface area contributed by atoms with E-state index in [2.05, 4.69) is 25.6 Å². The van der Waals surface area contributed by atoms with Crippen LogP contribution in [0.3, 0.4) is 0 Å². The predicted molar refractivity (Wildman–Crippen MR) is 133 cm³/mol. The van der Waals surface area contributed by atoms with Crippen LogP contribution >= 0.6 is 0 Å². The Labute approximate surface area is 203 Å². The third-order valence-electron chi connectivity index (χ3n) is 5.20. The molecule has 4 rings (SSSR count). The van der Waals surface area contributed by atoms with Crippen LogP contribution in [0.5, 0.6) is 17.2 Å². The monoisotopic (exact) mass is 473 g/mol. The molecule has 9 heteroatoms. The van der Waals surface area contributed by atoms with E-state index in [-0.39, 0.29) is 25.5 Å². The molecule has 2 heterocycles. The molecule has 0 saturated carbocycles. The Bertz CT molecular complexity index is 1310. The summed E-state index contributed by atoms with van der Waals surface area (Å²) in [5, 5.41) is 15.6. The fraction of sp³-hybridized carbons (Fsp3) is 0.231. The maximum Gasteiger partial charge on any atom is 0.222 e. The van der Waals surface area contributed by atoms with Crippen molar-refractivity contribution in [3.05, 3.63) is 72.3 Å². The van der Waals surface area contributed by atoms with Crippen LogP contribution in [-0.4, -0.2) is 45.7 Å². The molecule has 35 heavy (non-hydrogen) atoms. The first-order chi connectivity index (χ1) is 17.0. The lowest BCUT2D eigenvalue weighted by molar-refractivity contribution is -0.121. The second kappa shape index (κ2) is 11.3. The Morgan fingerprint density at radius 2 is 1.91 bits per heavy atom. The molecule has 0 unspecified atom stereocenters.